The molecule has 0 spiro atoms. The Morgan fingerprint density at radius 1 is 1.50 bits per heavy atom. The lowest BCUT2D eigenvalue weighted by atomic mass is 10.1. The second-order valence-electron chi connectivity index (χ2n) is 5.59. The van der Waals surface area contributed by atoms with E-state index in [0.29, 0.717) is 24.5 Å². The molecule has 5 nitrogen and oxygen atoms in total. The van der Waals surface area contributed by atoms with E-state index in [0.717, 1.165) is 6.42 Å². The Labute approximate surface area is 131 Å². The van der Waals surface area contributed by atoms with Crippen LogP contribution in [0.15, 0.2) is 24.3 Å². The van der Waals surface area contributed by atoms with Crippen LogP contribution in [0.1, 0.15) is 32.8 Å². The maximum atomic E-state index is 12.6. The molecule has 3 atom stereocenters. The van der Waals surface area contributed by atoms with Crippen LogP contribution in [0.4, 0.5) is 0 Å². The summed E-state index contributed by atoms with van der Waals surface area (Å²) in [6, 6.07) is 8.94. The summed E-state index contributed by atoms with van der Waals surface area (Å²) in [5.41, 5.74) is 0.569. The summed E-state index contributed by atoms with van der Waals surface area (Å²) < 4.78 is 11.3. The van der Waals surface area contributed by atoms with E-state index < -0.39 is 6.10 Å². The fraction of sp³-hybridized carbons (Fsp3) is 0.529. The van der Waals surface area contributed by atoms with Gasteiger partial charge in [-0.1, -0.05) is 6.92 Å². The Balaban J connectivity index is 2.02. The number of amides is 1. The van der Waals surface area contributed by atoms with E-state index in [1.54, 1.807) is 31.2 Å². The Morgan fingerprint density at radius 2 is 2.18 bits per heavy atom. The van der Waals surface area contributed by atoms with Crippen LogP contribution in [0.3, 0.4) is 0 Å². The number of nitriles is 1. The number of nitrogens with zero attached hydrogens (tertiary/aromatic N) is 2. The maximum Gasteiger partial charge on any atom is 0.263 e. The van der Waals surface area contributed by atoms with Crippen LogP contribution in [-0.2, 0) is 9.53 Å². The monoisotopic (exact) mass is 302 g/mol. The van der Waals surface area contributed by atoms with E-state index in [2.05, 4.69) is 13.0 Å². The molecule has 0 N–H and O–H groups in total. The lowest BCUT2D eigenvalue weighted by Crippen LogP contribution is -2.54. The molecule has 1 fully saturated rings. The Morgan fingerprint density at radius 3 is 2.77 bits per heavy atom. The Bertz CT molecular complexity index is 550. The first-order chi connectivity index (χ1) is 10.5. The highest BCUT2D eigenvalue weighted by Crippen LogP contribution is 2.19. The second-order valence-corrected chi connectivity index (χ2v) is 5.59. The van der Waals surface area contributed by atoms with Gasteiger partial charge in [0.1, 0.15) is 5.75 Å². The molecule has 1 amide bonds. The predicted molar refractivity (Wildman–Crippen MR) is 82.5 cm³/mol. The molecule has 0 aromatic heterocycles. The highest BCUT2D eigenvalue weighted by Gasteiger charge is 2.32. The van der Waals surface area contributed by atoms with Crippen molar-refractivity contribution in [2.75, 3.05) is 13.2 Å². The van der Waals surface area contributed by atoms with Crippen molar-refractivity contribution < 1.29 is 14.3 Å². The quantitative estimate of drug-likeness (QED) is 0.856. The van der Waals surface area contributed by atoms with E-state index in [1.165, 1.54) is 0 Å². The third-order valence-corrected chi connectivity index (χ3v) is 3.87. The molecule has 0 radical (unpaired) electrons. The number of carbonyl (C=O) groups is 1. The topological polar surface area (TPSA) is 62.6 Å². The molecule has 5 heteroatoms. The summed E-state index contributed by atoms with van der Waals surface area (Å²) in [7, 11) is 0. The first-order valence-corrected chi connectivity index (χ1v) is 7.64. The first kappa shape index (κ1) is 16.3. The third-order valence-electron chi connectivity index (χ3n) is 3.87. The van der Waals surface area contributed by atoms with E-state index >= 15 is 0 Å². The standard InChI is InChI=1S/C17H22N2O3/c1-4-15-11-21-12(2)10-19(15)17(20)13(3)22-16-7-5-14(9-18)6-8-16/h5-8,12-13,15H,4,10-11H2,1-3H3/t12-,13+,15-/m1/s1. The molecule has 1 aromatic carbocycles. The van der Waals surface area contributed by atoms with Gasteiger partial charge in [0.05, 0.1) is 30.4 Å². The van der Waals surface area contributed by atoms with Crippen molar-refractivity contribution in [1.29, 1.82) is 5.26 Å². The summed E-state index contributed by atoms with van der Waals surface area (Å²) in [6.45, 7) is 6.95. The van der Waals surface area contributed by atoms with Gasteiger partial charge in [-0.15, -0.1) is 0 Å². The summed E-state index contributed by atoms with van der Waals surface area (Å²) in [5.74, 6) is 0.570. The lowest BCUT2D eigenvalue weighted by molar-refractivity contribution is -0.151. The maximum absolute atomic E-state index is 12.6. The number of hydrogen-bond acceptors (Lipinski definition) is 4. The van der Waals surface area contributed by atoms with Gasteiger partial charge in [-0.25, -0.2) is 0 Å². The van der Waals surface area contributed by atoms with Gasteiger partial charge in [0.25, 0.3) is 5.91 Å². The molecule has 0 unspecified atom stereocenters. The molecule has 2 rings (SSSR count). The zero-order valence-electron chi connectivity index (χ0n) is 13.3. The molecular weight excluding hydrogens is 280 g/mol. The summed E-state index contributed by atoms with van der Waals surface area (Å²) in [4.78, 5) is 14.5. The number of benzene rings is 1. The minimum absolute atomic E-state index is 0.0219. The molecule has 22 heavy (non-hydrogen) atoms. The fourth-order valence-corrected chi connectivity index (χ4v) is 2.55. The minimum atomic E-state index is -0.563. The lowest BCUT2D eigenvalue weighted by Gasteiger charge is -2.39. The SMILES string of the molecule is CC[C@@H]1CO[C@H](C)CN1C(=O)[C@H](C)Oc1ccc(C#N)cc1. The molecule has 1 saturated heterocycles. The molecular formula is C17H22N2O3. The van der Waals surface area contributed by atoms with Crippen molar-refractivity contribution in [3.8, 4) is 11.8 Å². The normalized spacial score (nSPS) is 22.7. The van der Waals surface area contributed by atoms with Crippen LogP contribution in [0.5, 0.6) is 5.75 Å². The fourth-order valence-electron chi connectivity index (χ4n) is 2.55. The molecule has 1 aromatic rings. The van der Waals surface area contributed by atoms with Gasteiger partial charge in [0, 0.05) is 6.54 Å². The highest BCUT2D eigenvalue weighted by atomic mass is 16.5. The Hall–Kier alpha value is -2.06. The molecule has 0 saturated carbocycles. The van der Waals surface area contributed by atoms with Crippen LogP contribution in [0, 0.1) is 11.3 Å². The third kappa shape index (κ3) is 3.77. The molecule has 1 aliphatic heterocycles. The predicted octanol–water partition coefficient (Wildman–Crippen LogP) is 2.35. The van der Waals surface area contributed by atoms with Gasteiger partial charge in [-0.2, -0.15) is 5.26 Å². The minimum Gasteiger partial charge on any atom is -0.481 e. The average Bonchev–Trinajstić information content (AvgIpc) is 2.54. The first-order valence-electron chi connectivity index (χ1n) is 7.64. The van der Waals surface area contributed by atoms with Crippen molar-refractivity contribution in [2.24, 2.45) is 0 Å². The number of carbonyl (C=O) groups excluding carboxylic acids is 1. The summed E-state index contributed by atoms with van der Waals surface area (Å²) in [6.07, 6.45) is 0.350. The van der Waals surface area contributed by atoms with Gasteiger partial charge in [0.2, 0.25) is 0 Å². The molecule has 1 heterocycles. The second kappa shape index (κ2) is 7.28. The zero-order valence-corrected chi connectivity index (χ0v) is 13.3. The van der Waals surface area contributed by atoms with Gasteiger partial charge >= 0.3 is 0 Å². The van der Waals surface area contributed by atoms with Crippen molar-refractivity contribution >= 4 is 5.91 Å². The smallest absolute Gasteiger partial charge is 0.263 e. The van der Waals surface area contributed by atoms with E-state index in [-0.39, 0.29) is 18.1 Å². The van der Waals surface area contributed by atoms with E-state index in [9.17, 15) is 4.79 Å². The molecule has 0 aliphatic carbocycles. The van der Waals surface area contributed by atoms with Crippen molar-refractivity contribution in [2.45, 2.75) is 45.4 Å². The van der Waals surface area contributed by atoms with Crippen LogP contribution in [0.2, 0.25) is 0 Å². The van der Waals surface area contributed by atoms with Gasteiger partial charge in [-0.3, -0.25) is 4.79 Å². The number of morpholine rings is 1. The van der Waals surface area contributed by atoms with E-state index in [1.807, 2.05) is 11.8 Å². The van der Waals surface area contributed by atoms with Gasteiger partial charge in [0.15, 0.2) is 6.10 Å². The average molecular weight is 302 g/mol. The van der Waals surface area contributed by atoms with Gasteiger partial charge < -0.3 is 14.4 Å². The van der Waals surface area contributed by atoms with Crippen LogP contribution in [-0.4, -0.2) is 42.2 Å². The molecule has 118 valence electrons. The van der Waals surface area contributed by atoms with Crippen molar-refractivity contribution in [3.63, 3.8) is 0 Å². The van der Waals surface area contributed by atoms with Crippen LogP contribution < -0.4 is 4.74 Å². The Kier molecular flexibility index (Phi) is 5.40. The zero-order chi connectivity index (χ0) is 16.1. The molecule has 1 aliphatic rings. The van der Waals surface area contributed by atoms with Crippen LogP contribution in [0.25, 0.3) is 0 Å². The highest BCUT2D eigenvalue weighted by molar-refractivity contribution is 5.81. The number of ether oxygens (including phenoxy) is 2. The van der Waals surface area contributed by atoms with Gasteiger partial charge in [-0.05, 0) is 44.5 Å². The van der Waals surface area contributed by atoms with E-state index in [4.69, 9.17) is 14.7 Å². The van der Waals surface area contributed by atoms with Crippen LogP contribution >= 0.6 is 0 Å². The largest absolute Gasteiger partial charge is 0.481 e. The number of rotatable bonds is 4. The summed E-state index contributed by atoms with van der Waals surface area (Å²) in [5, 5.41) is 8.79. The van der Waals surface area contributed by atoms with Crippen molar-refractivity contribution in [1.82, 2.24) is 4.90 Å². The summed E-state index contributed by atoms with van der Waals surface area (Å²) >= 11 is 0. The number of hydrogen-bond donors (Lipinski definition) is 0. The van der Waals surface area contributed by atoms with Crippen molar-refractivity contribution in [3.05, 3.63) is 29.8 Å². The molecule has 0 bridgehead atoms.